The minimum atomic E-state index is -4.62. The number of nitrogens with zero attached hydrogens (tertiary/aromatic N) is 1. The summed E-state index contributed by atoms with van der Waals surface area (Å²) in [6.45, 7) is 3.49. The predicted molar refractivity (Wildman–Crippen MR) is 146 cm³/mol. The lowest BCUT2D eigenvalue weighted by molar-refractivity contribution is -0.139. The number of amides is 2. The number of hydrogen-bond acceptors (Lipinski definition) is 7. The molecule has 2 aliphatic rings. The van der Waals surface area contributed by atoms with Crippen LogP contribution in [-0.2, 0) is 25.2 Å². The number of nitrogens with one attached hydrogen (secondary N) is 1. The summed E-state index contributed by atoms with van der Waals surface area (Å²) in [5.41, 5.74) is 0.746. The van der Waals surface area contributed by atoms with Crippen molar-refractivity contribution in [3.8, 4) is 0 Å². The summed E-state index contributed by atoms with van der Waals surface area (Å²) in [4.78, 5) is 52.2. The number of ether oxygens (including phenoxy) is 2. The van der Waals surface area contributed by atoms with E-state index in [9.17, 15) is 32.3 Å². The van der Waals surface area contributed by atoms with Crippen molar-refractivity contribution in [1.82, 2.24) is 10.2 Å². The van der Waals surface area contributed by atoms with Gasteiger partial charge in [0.25, 0.3) is 11.8 Å². The molecule has 0 saturated heterocycles. The Morgan fingerprint density at radius 3 is 2.05 bits per heavy atom. The Labute approximate surface area is 241 Å². The highest BCUT2D eigenvalue weighted by atomic mass is 19.4. The number of fused-ring (bicyclic) bond motifs is 1. The number of alkyl halides is 3. The van der Waals surface area contributed by atoms with Crippen molar-refractivity contribution in [2.75, 3.05) is 20.3 Å². The number of carbonyl (C=O) groups is 4. The Kier molecular flexibility index (Phi) is 9.18. The average molecular weight is 585 g/mol. The minimum Gasteiger partial charge on any atom is -0.466 e. The molecule has 0 saturated carbocycles. The molecule has 42 heavy (non-hydrogen) atoms. The Bertz CT molecular complexity index is 1440. The molecule has 2 aromatic carbocycles. The van der Waals surface area contributed by atoms with Crippen molar-refractivity contribution in [2.45, 2.75) is 51.6 Å². The second-order valence-electron chi connectivity index (χ2n) is 10.1. The highest BCUT2D eigenvalue weighted by molar-refractivity contribution is 6.21. The van der Waals surface area contributed by atoms with Gasteiger partial charge >= 0.3 is 18.1 Å². The molecule has 1 unspecified atom stereocenters. The molecule has 4 rings (SSSR count). The van der Waals surface area contributed by atoms with E-state index in [1.165, 1.54) is 17.0 Å². The molecule has 0 bridgehead atoms. The molecule has 1 atom stereocenters. The third-order valence-corrected chi connectivity index (χ3v) is 7.32. The molecule has 1 N–H and O–H groups in total. The van der Waals surface area contributed by atoms with Crippen molar-refractivity contribution in [3.63, 3.8) is 0 Å². The smallest absolute Gasteiger partial charge is 0.416 e. The molecule has 0 aliphatic carbocycles. The fraction of sp³-hybridized carbons (Fsp3) is 0.355. The van der Waals surface area contributed by atoms with E-state index in [0.29, 0.717) is 48.2 Å². The first-order valence-corrected chi connectivity index (χ1v) is 13.5. The Morgan fingerprint density at radius 1 is 0.857 bits per heavy atom. The lowest BCUT2D eigenvalue weighted by atomic mass is 9.80. The maximum Gasteiger partial charge on any atom is 0.416 e. The summed E-state index contributed by atoms with van der Waals surface area (Å²) in [7, 11) is 1.16. The quantitative estimate of drug-likeness (QED) is 0.223. The molecule has 222 valence electrons. The zero-order valence-electron chi connectivity index (χ0n) is 23.5. The van der Waals surface area contributed by atoms with Gasteiger partial charge in [0.05, 0.1) is 47.5 Å². The standard InChI is InChI=1S/C31H31F3N2O6/c1-18-24(29(39)41-3)26(20-11-10-12-21(17-20)31(32,33)34)25(19(2)35-18)30(40)42-16-9-5-4-8-15-36-27(37)22-13-6-7-14-23(22)28(36)38/h6-7,10-14,17,26,35H,4-5,8-9,15-16H2,1-3H3. The Balaban J connectivity index is 1.37. The lowest BCUT2D eigenvalue weighted by Crippen LogP contribution is -2.32. The van der Waals surface area contributed by atoms with Crippen LogP contribution in [0.1, 0.15) is 77.3 Å². The topological polar surface area (TPSA) is 102 Å². The maximum absolute atomic E-state index is 13.5. The molecule has 2 aliphatic heterocycles. The predicted octanol–water partition coefficient (Wildman–Crippen LogP) is 5.51. The number of methoxy groups -OCH3 is 1. The largest absolute Gasteiger partial charge is 0.466 e. The van der Waals surface area contributed by atoms with Crippen molar-refractivity contribution in [1.29, 1.82) is 0 Å². The van der Waals surface area contributed by atoms with Crippen LogP contribution in [0.5, 0.6) is 0 Å². The monoisotopic (exact) mass is 584 g/mol. The zero-order valence-corrected chi connectivity index (χ0v) is 23.5. The third-order valence-electron chi connectivity index (χ3n) is 7.32. The van der Waals surface area contributed by atoms with Crippen LogP contribution in [0.15, 0.2) is 71.1 Å². The first kappa shape index (κ1) is 30.5. The van der Waals surface area contributed by atoms with E-state index in [0.717, 1.165) is 19.2 Å². The summed E-state index contributed by atoms with van der Waals surface area (Å²) in [5.74, 6) is -3.28. The van der Waals surface area contributed by atoms with Gasteiger partial charge in [-0.1, -0.05) is 36.8 Å². The summed E-state index contributed by atoms with van der Waals surface area (Å²) in [5, 5.41) is 2.95. The lowest BCUT2D eigenvalue weighted by Gasteiger charge is -2.30. The molecular formula is C31H31F3N2O6. The van der Waals surface area contributed by atoms with Crippen LogP contribution in [-0.4, -0.2) is 48.9 Å². The van der Waals surface area contributed by atoms with E-state index in [2.05, 4.69) is 5.32 Å². The summed E-state index contributed by atoms with van der Waals surface area (Å²) in [6, 6.07) is 11.2. The van der Waals surface area contributed by atoms with E-state index >= 15 is 0 Å². The number of rotatable bonds is 10. The van der Waals surface area contributed by atoms with Crippen molar-refractivity contribution in [3.05, 3.63) is 93.3 Å². The second-order valence-corrected chi connectivity index (χ2v) is 10.1. The SMILES string of the molecule is COC(=O)C1=C(C)NC(C)=C(C(=O)OCCCCCCN2C(=O)c3ccccc3C2=O)C1c1cccc(C(F)(F)F)c1. The number of hydrogen-bond donors (Lipinski definition) is 1. The molecule has 0 spiro atoms. The summed E-state index contributed by atoms with van der Waals surface area (Å²) in [6.07, 6.45) is -2.23. The van der Waals surface area contributed by atoms with E-state index in [1.807, 2.05) is 0 Å². The van der Waals surface area contributed by atoms with Gasteiger partial charge in [-0.15, -0.1) is 0 Å². The molecule has 2 aromatic rings. The number of unbranched alkanes of at least 4 members (excludes halogenated alkanes) is 3. The first-order valence-electron chi connectivity index (χ1n) is 13.5. The number of benzene rings is 2. The third kappa shape index (κ3) is 6.24. The van der Waals surface area contributed by atoms with Crippen LogP contribution in [0, 0.1) is 0 Å². The number of esters is 2. The Morgan fingerprint density at radius 2 is 1.45 bits per heavy atom. The molecule has 8 nitrogen and oxygen atoms in total. The van der Waals surface area contributed by atoms with Crippen molar-refractivity contribution >= 4 is 23.8 Å². The van der Waals surface area contributed by atoms with E-state index < -0.39 is 29.6 Å². The van der Waals surface area contributed by atoms with Gasteiger partial charge in [-0.25, -0.2) is 9.59 Å². The van der Waals surface area contributed by atoms with Crippen LogP contribution in [0.4, 0.5) is 13.2 Å². The molecular weight excluding hydrogens is 553 g/mol. The summed E-state index contributed by atoms with van der Waals surface area (Å²) >= 11 is 0. The first-order chi connectivity index (χ1) is 20.0. The van der Waals surface area contributed by atoms with Gasteiger partial charge in [0, 0.05) is 17.9 Å². The number of halogens is 3. The van der Waals surface area contributed by atoms with Crippen molar-refractivity contribution < 1.29 is 41.8 Å². The number of dihydropyridines is 1. The van der Waals surface area contributed by atoms with Crippen LogP contribution >= 0.6 is 0 Å². The van der Waals surface area contributed by atoms with Crippen LogP contribution in [0.25, 0.3) is 0 Å². The highest BCUT2D eigenvalue weighted by Crippen LogP contribution is 2.41. The van der Waals surface area contributed by atoms with Crippen molar-refractivity contribution in [2.24, 2.45) is 0 Å². The van der Waals surface area contributed by atoms with Crippen LogP contribution in [0.2, 0.25) is 0 Å². The summed E-state index contributed by atoms with van der Waals surface area (Å²) < 4.78 is 50.9. The highest BCUT2D eigenvalue weighted by Gasteiger charge is 2.39. The van der Waals surface area contributed by atoms with Gasteiger partial charge in [0.15, 0.2) is 0 Å². The Hall–Kier alpha value is -4.41. The minimum absolute atomic E-state index is 0.0162. The molecule has 0 fully saturated rings. The van der Waals surface area contributed by atoms with Gasteiger partial charge < -0.3 is 14.8 Å². The molecule has 11 heteroatoms. The van der Waals surface area contributed by atoms with Gasteiger partial charge in [0.2, 0.25) is 0 Å². The van der Waals surface area contributed by atoms with E-state index in [4.69, 9.17) is 9.47 Å². The second kappa shape index (κ2) is 12.6. The molecule has 2 heterocycles. The average Bonchev–Trinajstić information content (AvgIpc) is 3.20. The van der Waals surface area contributed by atoms with E-state index in [1.54, 1.807) is 38.1 Å². The number of carbonyl (C=O) groups excluding carboxylic acids is 4. The van der Waals surface area contributed by atoms with Crippen LogP contribution < -0.4 is 5.32 Å². The molecule has 0 radical (unpaired) electrons. The molecule has 0 aromatic heterocycles. The molecule has 2 amide bonds. The number of imide groups is 1. The zero-order chi connectivity index (χ0) is 30.6. The number of allylic oxidation sites excluding steroid dienone is 2. The van der Waals surface area contributed by atoms with Gasteiger partial charge in [-0.3, -0.25) is 14.5 Å². The van der Waals surface area contributed by atoms with Gasteiger partial charge in [-0.2, -0.15) is 13.2 Å². The van der Waals surface area contributed by atoms with Crippen LogP contribution in [0.3, 0.4) is 0 Å². The fourth-order valence-corrected chi connectivity index (χ4v) is 5.28. The van der Waals surface area contributed by atoms with Gasteiger partial charge in [0.1, 0.15) is 0 Å². The fourth-order valence-electron chi connectivity index (χ4n) is 5.28. The normalized spacial score (nSPS) is 16.9. The van der Waals surface area contributed by atoms with Gasteiger partial charge in [-0.05, 0) is 56.9 Å². The maximum atomic E-state index is 13.5. The van der Waals surface area contributed by atoms with E-state index in [-0.39, 0.29) is 41.7 Å².